The molecule has 1 N–H and O–H groups in total. The van der Waals surface area contributed by atoms with Crippen molar-refractivity contribution in [2.45, 2.75) is 22.8 Å². The highest BCUT2D eigenvalue weighted by Gasteiger charge is 2.19. The number of carbonyl (C=O) groups is 1. The third-order valence-electron chi connectivity index (χ3n) is 4.03. The molecular weight excluding hydrogens is 388 g/mol. The van der Waals surface area contributed by atoms with Crippen LogP contribution in [0.25, 0.3) is 0 Å². The van der Waals surface area contributed by atoms with Crippen molar-refractivity contribution < 1.29 is 21.6 Å². The highest BCUT2D eigenvalue weighted by Crippen LogP contribution is 2.18. The number of amides is 1. The van der Waals surface area contributed by atoms with Crippen LogP contribution in [-0.4, -0.2) is 47.4 Å². The molecule has 7 nitrogen and oxygen atoms in total. The Labute approximate surface area is 160 Å². The van der Waals surface area contributed by atoms with Crippen molar-refractivity contribution in [2.75, 3.05) is 20.4 Å². The summed E-state index contributed by atoms with van der Waals surface area (Å²) in [4.78, 5) is 12.7. The average molecular weight is 411 g/mol. The van der Waals surface area contributed by atoms with E-state index < -0.39 is 25.8 Å². The molecule has 0 unspecified atom stereocenters. The number of nitrogens with one attached hydrogen (secondary N) is 1. The van der Waals surface area contributed by atoms with Gasteiger partial charge >= 0.3 is 0 Å². The SMILES string of the molecule is C[C@@H](NC(=O)c1cccc(S(=O)(=O)N(C)C)c1)c1ccc(S(C)(=O)=O)cc1. The highest BCUT2D eigenvalue weighted by molar-refractivity contribution is 7.90. The fourth-order valence-corrected chi connectivity index (χ4v) is 3.95. The van der Waals surface area contributed by atoms with Crippen molar-refractivity contribution in [1.82, 2.24) is 9.62 Å². The van der Waals surface area contributed by atoms with E-state index in [-0.39, 0.29) is 21.4 Å². The molecule has 2 rings (SSSR count). The number of rotatable bonds is 6. The number of sulfonamides is 1. The summed E-state index contributed by atoms with van der Waals surface area (Å²) in [7, 11) is -4.08. The van der Waals surface area contributed by atoms with Crippen LogP contribution >= 0.6 is 0 Å². The van der Waals surface area contributed by atoms with E-state index in [4.69, 9.17) is 0 Å². The van der Waals surface area contributed by atoms with Crippen LogP contribution < -0.4 is 5.32 Å². The second kappa shape index (κ2) is 7.79. The zero-order valence-electron chi connectivity index (χ0n) is 15.5. The Hall–Kier alpha value is -2.23. The van der Waals surface area contributed by atoms with Gasteiger partial charge in [0.05, 0.1) is 15.8 Å². The topological polar surface area (TPSA) is 101 Å². The van der Waals surface area contributed by atoms with E-state index >= 15 is 0 Å². The van der Waals surface area contributed by atoms with Gasteiger partial charge in [0.1, 0.15) is 0 Å². The molecule has 0 fully saturated rings. The summed E-state index contributed by atoms with van der Waals surface area (Å²) in [5.41, 5.74) is 0.949. The summed E-state index contributed by atoms with van der Waals surface area (Å²) >= 11 is 0. The number of hydrogen-bond acceptors (Lipinski definition) is 5. The van der Waals surface area contributed by atoms with Gasteiger partial charge in [0.25, 0.3) is 5.91 Å². The van der Waals surface area contributed by atoms with Crippen LogP contribution in [0.4, 0.5) is 0 Å². The number of hydrogen-bond donors (Lipinski definition) is 1. The molecule has 9 heteroatoms. The van der Waals surface area contributed by atoms with Crippen LogP contribution in [0, 0.1) is 0 Å². The van der Waals surface area contributed by atoms with Gasteiger partial charge in [-0.3, -0.25) is 4.79 Å². The van der Waals surface area contributed by atoms with Crippen LogP contribution in [0.2, 0.25) is 0 Å². The molecule has 0 aliphatic carbocycles. The molecule has 2 aromatic carbocycles. The maximum atomic E-state index is 12.5. The van der Waals surface area contributed by atoms with E-state index in [1.807, 2.05) is 0 Å². The van der Waals surface area contributed by atoms with E-state index in [1.165, 1.54) is 50.5 Å². The van der Waals surface area contributed by atoms with Crippen molar-refractivity contribution in [1.29, 1.82) is 0 Å². The van der Waals surface area contributed by atoms with E-state index in [9.17, 15) is 21.6 Å². The minimum Gasteiger partial charge on any atom is -0.346 e. The normalized spacial score (nSPS) is 13.4. The zero-order chi connectivity index (χ0) is 20.4. The van der Waals surface area contributed by atoms with Crippen LogP contribution in [0.1, 0.15) is 28.9 Å². The van der Waals surface area contributed by atoms with Gasteiger partial charge in [0.2, 0.25) is 10.0 Å². The molecule has 1 atom stereocenters. The van der Waals surface area contributed by atoms with E-state index in [0.29, 0.717) is 0 Å². The lowest BCUT2D eigenvalue weighted by molar-refractivity contribution is 0.0939. The zero-order valence-corrected chi connectivity index (χ0v) is 17.1. The van der Waals surface area contributed by atoms with E-state index in [2.05, 4.69) is 5.32 Å². The van der Waals surface area contributed by atoms with Crippen LogP contribution in [0.15, 0.2) is 58.3 Å². The molecular formula is C18H22N2O5S2. The Morgan fingerprint density at radius 2 is 1.56 bits per heavy atom. The summed E-state index contributed by atoms with van der Waals surface area (Å²) in [6.45, 7) is 1.76. The van der Waals surface area contributed by atoms with Crippen molar-refractivity contribution in [3.8, 4) is 0 Å². The molecule has 0 bridgehead atoms. The second-order valence-corrected chi connectivity index (χ2v) is 10.5. The summed E-state index contributed by atoms with van der Waals surface area (Å²) in [6.07, 6.45) is 1.13. The van der Waals surface area contributed by atoms with Crippen LogP contribution in [0.3, 0.4) is 0 Å². The number of benzene rings is 2. The Bertz CT molecular complexity index is 1040. The van der Waals surface area contributed by atoms with Crippen molar-refractivity contribution in [3.63, 3.8) is 0 Å². The molecule has 0 aliphatic heterocycles. The van der Waals surface area contributed by atoms with Crippen LogP contribution in [-0.2, 0) is 19.9 Å². The van der Waals surface area contributed by atoms with Gasteiger partial charge < -0.3 is 5.32 Å². The maximum absolute atomic E-state index is 12.5. The van der Waals surface area contributed by atoms with Gasteiger partial charge in [-0.2, -0.15) is 0 Å². The molecule has 0 saturated carbocycles. The molecule has 146 valence electrons. The summed E-state index contributed by atoms with van der Waals surface area (Å²) in [5, 5.41) is 2.78. The highest BCUT2D eigenvalue weighted by atomic mass is 32.2. The molecule has 0 aromatic heterocycles. The average Bonchev–Trinajstić information content (AvgIpc) is 2.61. The molecule has 0 spiro atoms. The fraction of sp³-hybridized carbons (Fsp3) is 0.278. The number of nitrogens with zero attached hydrogens (tertiary/aromatic N) is 1. The lowest BCUT2D eigenvalue weighted by Crippen LogP contribution is -2.27. The molecule has 0 saturated heterocycles. The van der Waals surface area contributed by atoms with Gasteiger partial charge in [-0.15, -0.1) is 0 Å². The standard InChI is InChI=1S/C18H22N2O5S2/c1-13(14-8-10-16(11-9-14)26(4,22)23)19-18(21)15-6-5-7-17(12-15)27(24,25)20(2)3/h5-13H,1-4H3,(H,19,21)/t13-/m1/s1. The van der Waals surface area contributed by atoms with Crippen LogP contribution in [0.5, 0.6) is 0 Å². The first-order valence-electron chi connectivity index (χ1n) is 8.06. The Morgan fingerprint density at radius 1 is 0.963 bits per heavy atom. The molecule has 1 amide bonds. The maximum Gasteiger partial charge on any atom is 0.251 e. The molecule has 0 heterocycles. The molecule has 27 heavy (non-hydrogen) atoms. The minimum atomic E-state index is -3.64. The third kappa shape index (κ3) is 4.94. The van der Waals surface area contributed by atoms with Gasteiger partial charge in [-0.05, 0) is 42.8 Å². The van der Waals surface area contributed by atoms with E-state index in [0.717, 1.165) is 16.1 Å². The monoisotopic (exact) mass is 410 g/mol. The minimum absolute atomic E-state index is 0.0327. The number of carbonyl (C=O) groups excluding carboxylic acids is 1. The van der Waals surface area contributed by atoms with Gasteiger partial charge in [-0.1, -0.05) is 18.2 Å². The second-order valence-electron chi connectivity index (χ2n) is 6.35. The predicted molar refractivity (Wildman–Crippen MR) is 103 cm³/mol. The Balaban J connectivity index is 2.20. The molecule has 2 aromatic rings. The Morgan fingerprint density at radius 3 is 2.07 bits per heavy atom. The smallest absolute Gasteiger partial charge is 0.251 e. The summed E-state index contributed by atoms with van der Waals surface area (Å²) in [5.74, 6) is -0.425. The molecule has 0 aliphatic rings. The lowest BCUT2D eigenvalue weighted by Gasteiger charge is -2.16. The number of sulfone groups is 1. The summed E-state index contributed by atoms with van der Waals surface area (Å²) < 4.78 is 48.5. The first-order valence-corrected chi connectivity index (χ1v) is 11.4. The third-order valence-corrected chi connectivity index (χ3v) is 6.97. The van der Waals surface area contributed by atoms with Crippen molar-refractivity contribution >= 4 is 25.8 Å². The molecule has 0 radical (unpaired) electrons. The summed E-state index contributed by atoms with van der Waals surface area (Å²) in [6, 6.07) is 11.6. The fourth-order valence-electron chi connectivity index (χ4n) is 2.38. The Kier molecular flexibility index (Phi) is 6.08. The van der Waals surface area contributed by atoms with E-state index in [1.54, 1.807) is 19.1 Å². The largest absolute Gasteiger partial charge is 0.346 e. The first kappa shape index (κ1) is 21.1. The van der Waals surface area contributed by atoms with Gasteiger partial charge in [-0.25, -0.2) is 21.1 Å². The van der Waals surface area contributed by atoms with Gasteiger partial charge in [0, 0.05) is 25.9 Å². The quantitative estimate of drug-likeness (QED) is 0.783. The first-order chi connectivity index (χ1) is 12.4. The van der Waals surface area contributed by atoms with Gasteiger partial charge in [0.15, 0.2) is 9.84 Å². The van der Waals surface area contributed by atoms with Crippen molar-refractivity contribution in [3.05, 3.63) is 59.7 Å². The lowest BCUT2D eigenvalue weighted by atomic mass is 10.1. The van der Waals surface area contributed by atoms with Crippen molar-refractivity contribution in [2.24, 2.45) is 0 Å². The predicted octanol–water partition coefficient (Wildman–Crippen LogP) is 1.83.